The first kappa shape index (κ1) is 13.9. The summed E-state index contributed by atoms with van der Waals surface area (Å²) in [7, 11) is 0. The number of anilines is 2. The van der Waals surface area contributed by atoms with Crippen LogP contribution >= 0.6 is 11.8 Å². The monoisotopic (exact) mass is 296 g/mol. The third kappa shape index (κ3) is 3.73. The van der Waals surface area contributed by atoms with Gasteiger partial charge >= 0.3 is 0 Å². The zero-order chi connectivity index (χ0) is 14.5. The van der Waals surface area contributed by atoms with Crippen LogP contribution in [0.1, 0.15) is 31.4 Å². The molecule has 1 saturated carbocycles. The number of aromatic nitrogens is 2. The fourth-order valence-corrected chi connectivity index (χ4v) is 3.67. The lowest BCUT2D eigenvalue weighted by Crippen LogP contribution is -1.97. The van der Waals surface area contributed by atoms with E-state index < -0.39 is 0 Å². The maximum absolute atomic E-state index is 8.69. The summed E-state index contributed by atoms with van der Waals surface area (Å²) in [5, 5.41) is 20.4. The first-order chi connectivity index (χ1) is 10.3. The van der Waals surface area contributed by atoms with E-state index in [1.807, 2.05) is 17.8 Å². The molecule has 1 heterocycles. The van der Waals surface area contributed by atoms with Gasteiger partial charge in [-0.1, -0.05) is 12.8 Å². The molecule has 0 atom stereocenters. The van der Waals surface area contributed by atoms with Crippen LogP contribution in [-0.2, 0) is 0 Å². The number of nitriles is 1. The molecule has 3 rings (SSSR count). The zero-order valence-corrected chi connectivity index (χ0v) is 12.4. The van der Waals surface area contributed by atoms with Gasteiger partial charge in [0.25, 0.3) is 0 Å². The standard InChI is InChI=1S/C16H16N4S/c17-11-13-7-10-16(20-19-13)18-12-5-8-15(9-6-12)21-14-3-1-2-4-14/h5-10,14H,1-4H2,(H,18,20). The lowest BCUT2D eigenvalue weighted by Gasteiger charge is -2.10. The van der Waals surface area contributed by atoms with Crippen LogP contribution in [0.3, 0.4) is 0 Å². The highest BCUT2D eigenvalue weighted by atomic mass is 32.2. The Morgan fingerprint density at radius 1 is 1.05 bits per heavy atom. The second-order valence-electron chi connectivity index (χ2n) is 5.09. The average Bonchev–Trinajstić information content (AvgIpc) is 3.03. The van der Waals surface area contributed by atoms with Gasteiger partial charge in [0.05, 0.1) is 0 Å². The SMILES string of the molecule is N#Cc1ccc(Nc2ccc(SC3CCCC3)cc2)nn1. The van der Waals surface area contributed by atoms with Crippen molar-refractivity contribution >= 4 is 23.3 Å². The van der Waals surface area contributed by atoms with Crippen molar-refractivity contribution in [3.8, 4) is 6.07 Å². The maximum Gasteiger partial charge on any atom is 0.163 e. The van der Waals surface area contributed by atoms with E-state index in [0.717, 1.165) is 10.9 Å². The number of nitrogens with zero attached hydrogens (tertiary/aromatic N) is 3. The van der Waals surface area contributed by atoms with Gasteiger partial charge in [-0.15, -0.1) is 22.0 Å². The van der Waals surface area contributed by atoms with Crippen LogP contribution < -0.4 is 5.32 Å². The van der Waals surface area contributed by atoms with E-state index in [4.69, 9.17) is 5.26 Å². The molecule has 1 aliphatic rings. The molecule has 0 saturated heterocycles. The van der Waals surface area contributed by atoms with Gasteiger partial charge in [0.1, 0.15) is 6.07 Å². The molecular formula is C16H16N4S. The normalized spacial score (nSPS) is 14.8. The number of hydrogen-bond donors (Lipinski definition) is 1. The summed E-state index contributed by atoms with van der Waals surface area (Å²) >= 11 is 1.98. The Morgan fingerprint density at radius 2 is 1.81 bits per heavy atom. The highest BCUT2D eigenvalue weighted by Gasteiger charge is 2.15. The summed E-state index contributed by atoms with van der Waals surface area (Å²) in [6.45, 7) is 0. The number of nitrogens with one attached hydrogen (secondary N) is 1. The van der Waals surface area contributed by atoms with E-state index in [-0.39, 0.29) is 0 Å². The Balaban J connectivity index is 1.62. The molecule has 0 bridgehead atoms. The van der Waals surface area contributed by atoms with Crippen molar-refractivity contribution in [3.05, 3.63) is 42.1 Å². The lowest BCUT2D eigenvalue weighted by atomic mass is 10.3. The first-order valence-electron chi connectivity index (χ1n) is 7.11. The predicted molar refractivity (Wildman–Crippen MR) is 84.6 cm³/mol. The highest BCUT2D eigenvalue weighted by Crippen LogP contribution is 2.35. The zero-order valence-electron chi connectivity index (χ0n) is 11.6. The van der Waals surface area contributed by atoms with Crippen molar-refractivity contribution in [2.45, 2.75) is 35.8 Å². The van der Waals surface area contributed by atoms with E-state index in [2.05, 4.69) is 39.8 Å². The summed E-state index contributed by atoms with van der Waals surface area (Å²) in [6, 6.07) is 13.8. The molecule has 4 nitrogen and oxygen atoms in total. The average molecular weight is 296 g/mol. The Morgan fingerprint density at radius 3 is 2.43 bits per heavy atom. The molecule has 0 aliphatic heterocycles. The van der Waals surface area contributed by atoms with E-state index in [0.29, 0.717) is 11.5 Å². The molecule has 1 aromatic carbocycles. The van der Waals surface area contributed by atoms with Crippen LogP contribution in [-0.4, -0.2) is 15.4 Å². The van der Waals surface area contributed by atoms with Crippen molar-refractivity contribution < 1.29 is 0 Å². The first-order valence-corrected chi connectivity index (χ1v) is 7.99. The third-order valence-electron chi connectivity index (χ3n) is 3.51. The fourth-order valence-electron chi connectivity index (χ4n) is 2.42. The molecule has 0 unspecified atom stereocenters. The van der Waals surface area contributed by atoms with Crippen LogP contribution in [0.25, 0.3) is 0 Å². The molecule has 1 fully saturated rings. The Bertz CT molecular complexity index is 625. The minimum atomic E-state index is 0.323. The number of rotatable bonds is 4. The molecule has 2 aromatic rings. The second kappa shape index (κ2) is 6.59. The van der Waals surface area contributed by atoms with Crippen molar-refractivity contribution in [2.24, 2.45) is 0 Å². The van der Waals surface area contributed by atoms with Gasteiger partial charge in [-0.2, -0.15) is 5.26 Å². The van der Waals surface area contributed by atoms with Crippen molar-refractivity contribution in [1.82, 2.24) is 10.2 Å². The molecule has 1 N–H and O–H groups in total. The second-order valence-corrected chi connectivity index (χ2v) is 6.46. The van der Waals surface area contributed by atoms with Gasteiger partial charge in [0.15, 0.2) is 11.5 Å². The van der Waals surface area contributed by atoms with Crippen molar-refractivity contribution in [1.29, 1.82) is 5.26 Å². The van der Waals surface area contributed by atoms with Crippen LogP contribution in [0.15, 0.2) is 41.3 Å². The van der Waals surface area contributed by atoms with Gasteiger partial charge in [-0.05, 0) is 49.2 Å². The van der Waals surface area contributed by atoms with Crippen LogP contribution in [0.4, 0.5) is 11.5 Å². The molecular weight excluding hydrogens is 280 g/mol. The predicted octanol–water partition coefficient (Wildman–Crippen LogP) is 4.13. The van der Waals surface area contributed by atoms with Gasteiger partial charge in [0, 0.05) is 15.8 Å². The minimum Gasteiger partial charge on any atom is -0.339 e. The smallest absolute Gasteiger partial charge is 0.163 e. The summed E-state index contributed by atoms with van der Waals surface area (Å²) in [6.07, 6.45) is 5.42. The molecule has 21 heavy (non-hydrogen) atoms. The van der Waals surface area contributed by atoms with Crippen LogP contribution in [0, 0.1) is 11.3 Å². The molecule has 106 valence electrons. The molecule has 0 spiro atoms. The molecule has 1 aromatic heterocycles. The molecule has 0 radical (unpaired) electrons. The number of benzene rings is 1. The lowest BCUT2D eigenvalue weighted by molar-refractivity contribution is 0.886. The van der Waals surface area contributed by atoms with Gasteiger partial charge in [-0.3, -0.25) is 0 Å². The fraction of sp³-hybridized carbons (Fsp3) is 0.312. The van der Waals surface area contributed by atoms with Crippen molar-refractivity contribution in [2.75, 3.05) is 5.32 Å². The van der Waals surface area contributed by atoms with Gasteiger partial charge in [0.2, 0.25) is 0 Å². The highest BCUT2D eigenvalue weighted by molar-refractivity contribution is 8.00. The van der Waals surface area contributed by atoms with Crippen LogP contribution in [0.2, 0.25) is 0 Å². The van der Waals surface area contributed by atoms with E-state index in [1.165, 1.54) is 30.6 Å². The van der Waals surface area contributed by atoms with Gasteiger partial charge in [-0.25, -0.2) is 0 Å². The largest absolute Gasteiger partial charge is 0.339 e. The van der Waals surface area contributed by atoms with E-state index >= 15 is 0 Å². The van der Waals surface area contributed by atoms with E-state index in [9.17, 15) is 0 Å². The summed E-state index contributed by atoms with van der Waals surface area (Å²) in [5.74, 6) is 0.644. The molecule has 1 aliphatic carbocycles. The number of hydrogen-bond acceptors (Lipinski definition) is 5. The molecule has 0 amide bonds. The topological polar surface area (TPSA) is 61.6 Å². The Hall–Kier alpha value is -2.06. The van der Waals surface area contributed by atoms with Crippen molar-refractivity contribution in [3.63, 3.8) is 0 Å². The Kier molecular flexibility index (Phi) is 4.37. The maximum atomic E-state index is 8.69. The summed E-state index contributed by atoms with van der Waals surface area (Å²) in [5.41, 5.74) is 1.30. The number of thioether (sulfide) groups is 1. The summed E-state index contributed by atoms with van der Waals surface area (Å²) in [4.78, 5) is 1.32. The van der Waals surface area contributed by atoms with Gasteiger partial charge < -0.3 is 5.32 Å². The van der Waals surface area contributed by atoms with Crippen LogP contribution in [0.5, 0.6) is 0 Å². The quantitative estimate of drug-likeness (QED) is 0.919. The summed E-state index contributed by atoms with van der Waals surface area (Å²) < 4.78 is 0. The minimum absolute atomic E-state index is 0.323. The Labute approximate surface area is 128 Å². The third-order valence-corrected chi connectivity index (χ3v) is 4.86. The van der Waals surface area contributed by atoms with E-state index in [1.54, 1.807) is 12.1 Å². The molecule has 5 heteroatoms.